The molecule has 1 aliphatic carbocycles. The molecule has 2 N–H and O–H groups in total. The summed E-state index contributed by atoms with van der Waals surface area (Å²) in [5.41, 5.74) is 3.97. The van der Waals surface area contributed by atoms with Crippen molar-refractivity contribution in [2.75, 3.05) is 32.1 Å². The predicted octanol–water partition coefficient (Wildman–Crippen LogP) is 8.69. The summed E-state index contributed by atoms with van der Waals surface area (Å²) in [6.45, 7) is 14.4. The number of nitriles is 1. The van der Waals surface area contributed by atoms with E-state index in [-0.39, 0.29) is 22.8 Å². The van der Waals surface area contributed by atoms with E-state index >= 15 is 0 Å². The standard InChI is InChI=1S/C31H48N6O3.C8H16/c1-7-11-14-25(10-4)22-33-30(39)26-15-17-28(18-16-26)34-35-29(24(5)27(21-32)23-38)31(40)36(6)37(19-12-8-2)20-13-9-3;1-2-3-5-8-6-4-7-8/h15-18,23,25,34H,7-14,19-20,22H2,1-6H3,(H,33,39);8H,2-7H2,1H3/b27-24-,35-29-;. The summed E-state index contributed by atoms with van der Waals surface area (Å²) >= 11 is 0. The molecule has 0 heterocycles. The van der Waals surface area contributed by atoms with Crippen LogP contribution in [-0.4, -0.2) is 60.5 Å². The molecule has 2 rings (SSSR count). The van der Waals surface area contributed by atoms with Gasteiger partial charge in [-0.25, -0.2) is 5.01 Å². The predicted molar refractivity (Wildman–Crippen MR) is 199 cm³/mol. The van der Waals surface area contributed by atoms with Gasteiger partial charge in [-0.2, -0.15) is 10.4 Å². The molecule has 268 valence electrons. The van der Waals surface area contributed by atoms with Crippen LogP contribution in [0, 0.1) is 23.2 Å². The van der Waals surface area contributed by atoms with E-state index in [0.717, 1.165) is 57.3 Å². The van der Waals surface area contributed by atoms with Gasteiger partial charge in [0.25, 0.3) is 11.8 Å². The van der Waals surface area contributed by atoms with Crippen molar-refractivity contribution < 1.29 is 14.4 Å². The summed E-state index contributed by atoms with van der Waals surface area (Å²) in [6.07, 6.45) is 17.6. The van der Waals surface area contributed by atoms with E-state index in [1.165, 1.54) is 43.5 Å². The summed E-state index contributed by atoms with van der Waals surface area (Å²) in [4.78, 5) is 37.7. The molecule has 9 nitrogen and oxygen atoms in total. The molecule has 0 saturated heterocycles. The van der Waals surface area contributed by atoms with Gasteiger partial charge < -0.3 is 5.32 Å². The molecule has 9 heteroatoms. The lowest BCUT2D eigenvalue weighted by atomic mass is 9.82. The smallest absolute Gasteiger partial charge is 0.288 e. The lowest BCUT2D eigenvalue weighted by molar-refractivity contribution is -0.138. The molecule has 1 aromatic carbocycles. The maximum absolute atomic E-state index is 13.6. The number of hydrogen-bond acceptors (Lipinski definition) is 7. The Hall–Kier alpha value is -3.51. The zero-order valence-electron chi connectivity index (χ0n) is 31.1. The molecule has 2 amide bonds. The van der Waals surface area contributed by atoms with Crippen LogP contribution in [0.1, 0.15) is 142 Å². The van der Waals surface area contributed by atoms with Crippen molar-refractivity contribution in [1.82, 2.24) is 15.3 Å². The minimum Gasteiger partial charge on any atom is -0.352 e. The Bertz CT molecular complexity index is 1180. The van der Waals surface area contributed by atoms with E-state index in [0.29, 0.717) is 43.1 Å². The van der Waals surface area contributed by atoms with Crippen molar-refractivity contribution in [3.63, 3.8) is 0 Å². The number of amides is 2. The third-order valence-electron chi connectivity index (χ3n) is 9.19. The van der Waals surface area contributed by atoms with Gasteiger partial charge in [0.2, 0.25) is 0 Å². The molecule has 0 bridgehead atoms. The number of carbonyl (C=O) groups excluding carboxylic acids is 3. The highest BCUT2D eigenvalue weighted by atomic mass is 16.2. The fraction of sp³-hybridized carbons (Fsp3) is 0.667. The third kappa shape index (κ3) is 15.6. The lowest BCUT2D eigenvalue weighted by Gasteiger charge is -2.32. The second kappa shape index (κ2) is 25.5. The number of unbranched alkanes of at least 4 members (excludes halogenated alkanes) is 4. The topological polar surface area (TPSA) is 118 Å². The minimum absolute atomic E-state index is 0.0244. The average Bonchev–Trinajstić information content (AvgIpc) is 3.08. The molecule has 1 unspecified atom stereocenters. The van der Waals surface area contributed by atoms with E-state index < -0.39 is 5.91 Å². The van der Waals surface area contributed by atoms with Crippen LogP contribution in [0.15, 0.2) is 40.5 Å². The first-order valence-corrected chi connectivity index (χ1v) is 18.5. The largest absolute Gasteiger partial charge is 0.352 e. The van der Waals surface area contributed by atoms with E-state index in [1.807, 2.05) is 11.1 Å². The zero-order valence-corrected chi connectivity index (χ0v) is 31.1. The number of rotatable bonds is 22. The highest BCUT2D eigenvalue weighted by molar-refractivity contribution is 6.45. The first-order valence-electron chi connectivity index (χ1n) is 18.5. The normalized spacial score (nSPS) is 14.1. The van der Waals surface area contributed by atoms with Gasteiger partial charge in [-0.15, -0.1) is 0 Å². The third-order valence-corrected chi connectivity index (χ3v) is 9.19. The molecule has 48 heavy (non-hydrogen) atoms. The van der Waals surface area contributed by atoms with Crippen LogP contribution in [-0.2, 0) is 9.59 Å². The fourth-order valence-electron chi connectivity index (χ4n) is 5.37. The van der Waals surface area contributed by atoms with Crippen molar-refractivity contribution in [1.29, 1.82) is 5.26 Å². The van der Waals surface area contributed by atoms with Crippen LogP contribution < -0.4 is 10.7 Å². The van der Waals surface area contributed by atoms with Crippen LogP contribution in [0.4, 0.5) is 5.69 Å². The summed E-state index contributed by atoms with van der Waals surface area (Å²) in [5, 5.41) is 20.3. The number of nitrogens with zero attached hydrogens (tertiary/aromatic N) is 4. The van der Waals surface area contributed by atoms with Crippen molar-refractivity contribution in [2.45, 2.75) is 131 Å². The van der Waals surface area contributed by atoms with Crippen molar-refractivity contribution in [3.05, 3.63) is 41.0 Å². The Balaban J connectivity index is 0.00000125. The molecular weight excluding hydrogens is 600 g/mol. The van der Waals surface area contributed by atoms with Gasteiger partial charge in [0.15, 0.2) is 12.0 Å². The van der Waals surface area contributed by atoms with Gasteiger partial charge in [0.1, 0.15) is 6.07 Å². The number of anilines is 1. The maximum atomic E-state index is 13.6. The van der Waals surface area contributed by atoms with E-state index in [2.05, 4.69) is 50.5 Å². The van der Waals surface area contributed by atoms with Gasteiger partial charge in [0, 0.05) is 37.8 Å². The van der Waals surface area contributed by atoms with Crippen LogP contribution in [0.2, 0.25) is 0 Å². The number of aldehydes is 1. The molecule has 1 aromatic rings. The summed E-state index contributed by atoms with van der Waals surface area (Å²) < 4.78 is 0. The Kier molecular flexibility index (Phi) is 22.6. The summed E-state index contributed by atoms with van der Waals surface area (Å²) in [5.74, 6) is 1.05. The molecule has 1 aliphatic rings. The van der Waals surface area contributed by atoms with Crippen LogP contribution in [0.25, 0.3) is 0 Å². The average molecular weight is 665 g/mol. The number of allylic oxidation sites excluding steroid dienone is 1. The van der Waals surface area contributed by atoms with E-state index in [9.17, 15) is 19.6 Å². The number of carbonyl (C=O) groups is 3. The molecule has 1 fully saturated rings. The van der Waals surface area contributed by atoms with Crippen LogP contribution in [0.5, 0.6) is 0 Å². The quantitative estimate of drug-likeness (QED) is 0.0421. The summed E-state index contributed by atoms with van der Waals surface area (Å²) in [7, 11) is 1.68. The number of hydrogen-bond donors (Lipinski definition) is 2. The summed E-state index contributed by atoms with van der Waals surface area (Å²) in [6, 6.07) is 8.65. The molecule has 1 atom stereocenters. The second-order valence-electron chi connectivity index (χ2n) is 13.0. The maximum Gasteiger partial charge on any atom is 0.288 e. The Morgan fingerprint density at radius 2 is 1.58 bits per heavy atom. The molecular formula is C39H64N6O3. The Morgan fingerprint density at radius 1 is 0.979 bits per heavy atom. The van der Waals surface area contributed by atoms with Gasteiger partial charge >= 0.3 is 0 Å². The Labute approximate surface area is 291 Å². The highest BCUT2D eigenvalue weighted by Crippen LogP contribution is 2.30. The Morgan fingerprint density at radius 3 is 2.06 bits per heavy atom. The molecule has 0 aliphatic heterocycles. The lowest BCUT2D eigenvalue weighted by Crippen LogP contribution is -2.48. The number of benzene rings is 1. The first kappa shape index (κ1) is 42.5. The van der Waals surface area contributed by atoms with E-state index in [1.54, 1.807) is 38.2 Å². The van der Waals surface area contributed by atoms with Crippen molar-refractivity contribution >= 4 is 29.5 Å². The SMILES string of the molecule is CCCCC(CC)CNC(=O)c1ccc(N/N=C(C(=O)N(C)N(CCCC)CCCC)/C(C)=C(/C#N)C=O)cc1.CCCCC1CCC1. The monoisotopic (exact) mass is 665 g/mol. The number of nitrogens with one attached hydrogen (secondary N) is 2. The van der Waals surface area contributed by atoms with Gasteiger partial charge in [-0.05, 0) is 62.3 Å². The molecule has 1 saturated carbocycles. The molecule has 0 radical (unpaired) electrons. The van der Waals surface area contributed by atoms with Gasteiger partial charge in [-0.1, -0.05) is 105 Å². The first-order chi connectivity index (χ1) is 23.2. The second-order valence-corrected chi connectivity index (χ2v) is 13.0. The number of hydrazone groups is 1. The molecule has 0 spiro atoms. The highest BCUT2D eigenvalue weighted by Gasteiger charge is 2.25. The van der Waals surface area contributed by atoms with Gasteiger partial charge in [-0.3, -0.25) is 24.8 Å². The fourth-order valence-corrected chi connectivity index (χ4v) is 5.37. The number of hydrazine groups is 1. The van der Waals surface area contributed by atoms with Crippen LogP contribution in [0.3, 0.4) is 0 Å². The molecule has 0 aromatic heterocycles. The van der Waals surface area contributed by atoms with Crippen molar-refractivity contribution in [2.24, 2.45) is 16.9 Å². The van der Waals surface area contributed by atoms with E-state index in [4.69, 9.17) is 0 Å². The van der Waals surface area contributed by atoms with Crippen LogP contribution >= 0.6 is 0 Å². The zero-order chi connectivity index (χ0) is 35.7. The van der Waals surface area contributed by atoms with Gasteiger partial charge in [0.05, 0.1) is 11.3 Å². The van der Waals surface area contributed by atoms with Crippen molar-refractivity contribution in [3.8, 4) is 6.07 Å². The minimum atomic E-state index is -0.420.